The van der Waals surface area contributed by atoms with E-state index < -0.39 is 0 Å². The Labute approximate surface area is 219 Å². The number of carbonyl (C=O) groups excluding carboxylic acids is 2. The zero-order chi connectivity index (χ0) is 26.3. The van der Waals surface area contributed by atoms with Gasteiger partial charge in [-0.25, -0.2) is 0 Å². The molecule has 0 bridgehead atoms. The summed E-state index contributed by atoms with van der Waals surface area (Å²) in [5.41, 5.74) is 9.50. The summed E-state index contributed by atoms with van der Waals surface area (Å²) in [4.78, 5) is 29.0. The molecule has 2 aromatic rings. The van der Waals surface area contributed by atoms with Crippen LogP contribution in [0.5, 0.6) is 0 Å². The van der Waals surface area contributed by atoms with Gasteiger partial charge in [0, 0.05) is 40.9 Å². The van der Waals surface area contributed by atoms with E-state index in [1.54, 1.807) is 6.08 Å². The highest BCUT2D eigenvalue weighted by atomic mass is 16.2. The van der Waals surface area contributed by atoms with Gasteiger partial charge < -0.3 is 4.90 Å². The van der Waals surface area contributed by atoms with E-state index in [1.165, 1.54) is 22.4 Å². The van der Waals surface area contributed by atoms with E-state index in [-0.39, 0.29) is 33.9 Å². The lowest BCUT2D eigenvalue weighted by Gasteiger charge is -2.41. The fourth-order valence-corrected chi connectivity index (χ4v) is 6.16. The van der Waals surface area contributed by atoms with E-state index in [0.717, 1.165) is 16.8 Å². The number of Topliss-reactive ketones (excluding diaryl/α,β-unsaturated/α-hetero) is 2. The van der Waals surface area contributed by atoms with E-state index in [2.05, 4.69) is 83.0 Å². The molecule has 186 valence electrons. The summed E-state index contributed by atoms with van der Waals surface area (Å²) in [6.45, 7) is 11.3. The summed E-state index contributed by atoms with van der Waals surface area (Å²) >= 11 is 0. The summed E-state index contributed by atoms with van der Waals surface area (Å²) in [6, 6.07) is 13.1. The lowest BCUT2D eigenvalue weighted by Crippen LogP contribution is -2.31. The number of nitrogens with zero attached hydrogens (tertiary/aromatic N) is 1. The van der Waals surface area contributed by atoms with E-state index >= 15 is 0 Å². The quantitative estimate of drug-likeness (QED) is 0.313. The fourth-order valence-electron chi connectivity index (χ4n) is 6.16. The van der Waals surface area contributed by atoms with E-state index in [0.29, 0.717) is 17.6 Å². The van der Waals surface area contributed by atoms with Crippen LogP contribution < -0.4 is 4.90 Å². The molecule has 3 heteroatoms. The first kappa shape index (κ1) is 23.7. The summed E-state index contributed by atoms with van der Waals surface area (Å²) in [5.74, 6) is -0.0892. The van der Waals surface area contributed by atoms with Gasteiger partial charge in [-0.2, -0.15) is 0 Å². The van der Waals surface area contributed by atoms with Gasteiger partial charge in [-0.3, -0.25) is 9.59 Å². The minimum absolute atomic E-state index is 0.0594. The number of ketones is 2. The molecule has 3 nitrogen and oxygen atoms in total. The van der Waals surface area contributed by atoms with Crippen LogP contribution in [0, 0.1) is 5.92 Å². The van der Waals surface area contributed by atoms with Crippen LogP contribution in [0.25, 0.3) is 6.08 Å². The number of rotatable bonds is 1. The van der Waals surface area contributed by atoms with Crippen LogP contribution in [-0.4, -0.2) is 18.6 Å². The summed E-state index contributed by atoms with van der Waals surface area (Å²) in [6.07, 6.45) is 12.5. The molecule has 1 atom stereocenters. The molecule has 1 unspecified atom stereocenters. The highest BCUT2D eigenvalue weighted by Crippen LogP contribution is 2.49. The monoisotopic (exact) mass is 487 g/mol. The molecule has 0 amide bonds. The van der Waals surface area contributed by atoms with E-state index in [1.807, 2.05) is 30.4 Å². The van der Waals surface area contributed by atoms with Crippen LogP contribution in [0.15, 0.2) is 89.1 Å². The van der Waals surface area contributed by atoms with E-state index in [9.17, 15) is 9.59 Å². The molecule has 0 saturated carbocycles. The van der Waals surface area contributed by atoms with Crippen molar-refractivity contribution in [2.24, 2.45) is 5.92 Å². The Morgan fingerprint density at radius 2 is 1.65 bits per heavy atom. The minimum atomic E-state index is -0.229. The smallest absolute Gasteiger partial charge is 0.197 e. The maximum Gasteiger partial charge on any atom is 0.197 e. The maximum absolute atomic E-state index is 13.4. The molecule has 0 N–H and O–H groups in total. The van der Waals surface area contributed by atoms with Crippen molar-refractivity contribution in [1.82, 2.24) is 0 Å². The first-order chi connectivity index (χ1) is 17.5. The van der Waals surface area contributed by atoms with Crippen molar-refractivity contribution in [2.45, 2.75) is 51.9 Å². The largest absolute Gasteiger partial charge is 0.344 e. The second-order valence-corrected chi connectivity index (χ2v) is 12.2. The number of hydrogen-bond donors (Lipinski definition) is 0. The third-order valence-electron chi connectivity index (χ3n) is 8.50. The molecule has 1 heterocycles. The predicted molar refractivity (Wildman–Crippen MR) is 151 cm³/mol. The average Bonchev–Trinajstić information content (AvgIpc) is 3.09. The summed E-state index contributed by atoms with van der Waals surface area (Å²) in [7, 11) is 2.11. The Morgan fingerprint density at radius 1 is 0.946 bits per heavy atom. The molecule has 0 aromatic heterocycles. The third kappa shape index (κ3) is 3.55. The van der Waals surface area contributed by atoms with Crippen molar-refractivity contribution < 1.29 is 9.59 Å². The van der Waals surface area contributed by atoms with Gasteiger partial charge in [0.1, 0.15) is 0 Å². The van der Waals surface area contributed by atoms with Crippen molar-refractivity contribution in [3.63, 3.8) is 0 Å². The Bertz CT molecular complexity index is 1550. The minimum Gasteiger partial charge on any atom is -0.344 e. The highest BCUT2D eigenvalue weighted by molar-refractivity contribution is 6.41. The molecule has 37 heavy (non-hydrogen) atoms. The number of carbonyl (C=O) groups is 2. The topological polar surface area (TPSA) is 37.4 Å². The van der Waals surface area contributed by atoms with Crippen LogP contribution in [0.2, 0.25) is 0 Å². The van der Waals surface area contributed by atoms with Crippen LogP contribution >= 0.6 is 0 Å². The van der Waals surface area contributed by atoms with E-state index in [4.69, 9.17) is 0 Å². The van der Waals surface area contributed by atoms with Crippen molar-refractivity contribution in [3.05, 3.63) is 111 Å². The third-order valence-corrected chi connectivity index (χ3v) is 8.50. The Balaban J connectivity index is 1.40. The molecular weight excluding hydrogens is 454 g/mol. The molecule has 6 rings (SSSR count). The molecule has 1 aliphatic heterocycles. The van der Waals surface area contributed by atoms with Gasteiger partial charge in [-0.1, -0.05) is 77.1 Å². The number of hydrogen-bond acceptors (Lipinski definition) is 3. The molecule has 0 fully saturated rings. The van der Waals surface area contributed by atoms with Gasteiger partial charge in [0.2, 0.25) is 0 Å². The predicted octanol–water partition coefficient (Wildman–Crippen LogP) is 7.30. The SMILES string of the molecule is CN1c2ccc(/C=C3/C(=O)C4=C(CC5C=CC=CC5=C4)C3=O)cc2C(C)(C)c2cc(C(C)(C)C)ccc21. The van der Waals surface area contributed by atoms with Gasteiger partial charge in [-0.05, 0) is 70.0 Å². The maximum atomic E-state index is 13.4. The van der Waals surface area contributed by atoms with Crippen LogP contribution in [-0.2, 0) is 20.4 Å². The number of anilines is 2. The van der Waals surface area contributed by atoms with Crippen molar-refractivity contribution in [1.29, 1.82) is 0 Å². The van der Waals surface area contributed by atoms with Crippen molar-refractivity contribution in [2.75, 3.05) is 11.9 Å². The lowest BCUT2D eigenvalue weighted by molar-refractivity contribution is -0.115. The molecule has 0 spiro atoms. The molecule has 4 aliphatic rings. The fraction of sp³-hybridized carbons (Fsp3) is 0.294. The van der Waals surface area contributed by atoms with Gasteiger partial charge in [-0.15, -0.1) is 0 Å². The number of allylic oxidation sites excluding steroid dienone is 9. The first-order valence-electron chi connectivity index (χ1n) is 13.1. The summed E-state index contributed by atoms with van der Waals surface area (Å²) < 4.78 is 0. The number of benzene rings is 2. The molecule has 0 saturated heterocycles. The second-order valence-electron chi connectivity index (χ2n) is 12.2. The molecule has 3 aliphatic carbocycles. The van der Waals surface area contributed by atoms with Crippen molar-refractivity contribution in [3.8, 4) is 0 Å². The van der Waals surface area contributed by atoms with Crippen molar-refractivity contribution >= 4 is 29.0 Å². The molecular formula is C34H33NO2. The Morgan fingerprint density at radius 3 is 2.38 bits per heavy atom. The Kier molecular flexibility index (Phi) is 5.04. The van der Waals surface area contributed by atoms with Crippen LogP contribution in [0.4, 0.5) is 11.4 Å². The summed E-state index contributed by atoms with van der Waals surface area (Å²) in [5, 5.41) is 0. The molecule has 0 radical (unpaired) electrons. The lowest BCUT2D eigenvalue weighted by atomic mass is 9.71. The standard InChI is InChI=1S/C34H33NO2/c1-33(2,3)23-12-14-30-28(19-23)34(4,5)27-16-20(11-13-29(27)35(30)6)15-26-31(36)24-17-21-9-7-8-10-22(21)18-25(24)32(26)37/h7-17,19,22H,18H2,1-6H3/b26-15-. The van der Waals surface area contributed by atoms with Gasteiger partial charge in [0.25, 0.3) is 0 Å². The van der Waals surface area contributed by atoms with Gasteiger partial charge in [0.05, 0.1) is 5.57 Å². The normalized spacial score (nSPS) is 22.6. The number of fused-ring (bicyclic) bond motifs is 3. The first-order valence-corrected chi connectivity index (χ1v) is 13.1. The van der Waals surface area contributed by atoms with Crippen LogP contribution in [0.1, 0.15) is 63.3 Å². The highest BCUT2D eigenvalue weighted by Gasteiger charge is 2.39. The second kappa shape index (κ2) is 7.89. The van der Waals surface area contributed by atoms with Crippen LogP contribution in [0.3, 0.4) is 0 Å². The van der Waals surface area contributed by atoms with Gasteiger partial charge in [0.15, 0.2) is 11.6 Å². The Hall–Kier alpha value is -3.72. The molecule has 2 aromatic carbocycles. The zero-order valence-electron chi connectivity index (χ0n) is 22.5. The average molecular weight is 488 g/mol. The zero-order valence-corrected chi connectivity index (χ0v) is 22.5. The van der Waals surface area contributed by atoms with Gasteiger partial charge >= 0.3 is 0 Å².